The summed E-state index contributed by atoms with van der Waals surface area (Å²) in [6, 6.07) is 15.7. The molecule has 2 amide bonds. The molecule has 1 saturated carbocycles. The standard InChI is InChI=1S/C25H26N4O3/c30-23-25(10-12-28(16-25)24(31)32-15-17-4-2-1-3-5-17)11-13-29(23)19-8-9-21-20(14-19)22(27-26-21)18-6-7-18/h1-5,8-9,14,18H,6-7,10-13,15-16H2,(H,26,27)/t25-/m0/s1. The molecule has 7 nitrogen and oxygen atoms in total. The monoisotopic (exact) mass is 430 g/mol. The highest BCUT2D eigenvalue weighted by molar-refractivity contribution is 6.02. The third-order valence-corrected chi connectivity index (χ3v) is 7.19. The van der Waals surface area contributed by atoms with Crippen molar-refractivity contribution in [3.05, 3.63) is 59.8 Å². The molecule has 6 rings (SSSR count). The Morgan fingerprint density at radius 2 is 1.94 bits per heavy atom. The Bertz CT molecular complexity index is 1190. The molecule has 1 aromatic heterocycles. The van der Waals surface area contributed by atoms with Crippen LogP contribution in [-0.2, 0) is 16.1 Å². The molecule has 1 aliphatic carbocycles. The van der Waals surface area contributed by atoms with E-state index in [2.05, 4.69) is 16.3 Å². The van der Waals surface area contributed by atoms with Crippen molar-refractivity contribution in [2.24, 2.45) is 5.41 Å². The number of nitrogens with one attached hydrogen (secondary N) is 1. The first-order valence-corrected chi connectivity index (χ1v) is 11.4. The lowest BCUT2D eigenvalue weighted by molar-refractivity contribution is -0.124. The zero-order valence-corrected chi connectivity index (χ0v) is 17.9. The van der Waals surface area contributed by atoms with E-state index >= 15 is 0 Å². The van der Waals surface area contributed by atoms with Crippen LogP contribution in [0, 0.1) is 5.41 Å². The van der Waals surface area contributed by atoms with Crippen molar-refractivity contribution in [1.82, 2.24) is 15.1 Å². The van der Waals surface area contributed by atoms with Crippen LogP contribution in [0.3, 0.4) is 0 Å². The Balaban J connectivity index is 1.15. The second kappa shape index (κ2) is 7.36. The van der Waals surface area contributed by atoms with E-state index in [-0.39, 0.29) is 18.6 Å². The number of amides is 2. The van der Waals surface area contributed by atoms with Crippen molar-refractivity contribution in [1.29, 1.82) is 0 Å². The lowest BCUT2D eigenvalue weighted by Gasteiger charge is -2.23. The fourth-order valence-corrected chi connectivity index (χ4v) is 5.15. The number of aromatic nitrogens is 2. The second-order valence-corrected chi connectivity index (χ2v) is 9.31. The average Bonchev–Trinajstić information content (AvgIpc) is 3.30. The van der Waals surface area contributed by atoms with Crippen molar-refractivity contribution in [3.8, 4) is 0 Å². The van der Waals surface area contributed by atoms with E-state index in [0.29, 0.717) is 32.0 Å². The molecule has 3 fully saturated rings. The molecule has 0 unspecified atom stereocenters. The van der Waals surface area contributed by atoms with Crippen LogP contribution in [0.15, 0.2) is 48.5 Å². The molecule has 2 aliphatic heterocycles. The summed E-state index contributed by atoms with van der Waals surface area (Å²) in [6.07, 6.45) is 3.50. The van der Waals surface area contributed by atoms with Crippen LogP contribution in [0.25, 0.3) is 10.9 Å². The van der Waals surface area contributed by atoms with Crippen molar-refractivity contribution >= 4 is 28.6 Å². The lowest BCUT2D eigenvalue weighted by Crippen LogP contribution is -2.38. The zero-order chi connectivity index (χ0) is 21.7. The number of ether oxygens (including phenoxy) is 1. The molecule has 2 aromatic carbocycles. The molecule has 0 bridgehead atoms. The van der Waals surface area contributed by atoms with Crippen LogP contribution in [0.1, 0.15) is 42.9 Å². The molecule has 7 heteroatoms. The van der Waals surface area contributed by atoms with Gasteiger partial charge in [0.1, 0.15) is 6.61 Å². The molecule has 3 aromatic rings. The maximum Gasteiger partial charge on any atom is 0.410 e. The van der Waals surface area contributed by atoms with E-state index in [1.54, 1.807) is 4.90 Å². The van der Waals surface area contributed by atoms with E-state index in [9.17, 15) is 9.59 Å². The molecule has 1 spiro atoms. The molecular formula is C25H26N4O3. The van der Waals surface area contributed by atoms with Crippen molar-refractivity contribution in [2.75, 3.05) is 24.5 Å². The number of nitrogens with zero attached hydrogens (tertiary/aromatic N) is 3. The lowest BCUT2D eigenvalue weighted by atomic mass is 9.85. The van der Waals surface area contributed by atoms with Crippen LogP contribution < -0.4 is 4.90 Å². The highest BCUT2D eigenvalue weighted by Gasteiger charge is 2.52. The van der Waals surface area contributed by atoms with Gasteiger partial charge in [0, 0.05) is 42.3 Å². The van der Waals surface area contributed by atoms with Gasteiger partial charge in [-0.05, 0) is 49.4 Å². The van der Waals surface area contributed by atoms with Gasteiger partial charge in [-0.1, -0.05) is 30.3 Å². The number of aromatic amines is 1. The molecule has 0 radical (unpaired) electrons. The van der Waals surface area contributed by atoms with Crippen molar-refractivity contribution in [3.63, 3.8) is 0 Å². The maximum absolute atomic E-state index is 13.5. The second-order valence-electron chi connectivity index (χ2n) is 9.31. The fraction of sp³-hybridized carbons (Fsp3) is 0.400. The van der Waals surface area contributed by atoms with Gasteiger partial charge in [-0.25, -0.2) is 4.79 Å². The number of hydrogen-bond acceptors (Lipinski definition) is 4. The van der Waals surface area contributed by atoms with E-state index in [0.717, 1.165) is 28.6 Å². The van der Waals surface area contributed by atoms with Gasteiger partial charge in [0.2, 0.25) is 5.91 Å². The summed E-state index contributed by atoms with van der Waals surface area (Å²) in [5.74, 6) is 0.688. The zero-order valence-electron chi connectivity index (χ0n) is 17.9. The normalized spacial score (nSPS) is 22.9. The minimum Gasteiger partial charge on any atom is -0.445 e. The molecule has 3 aliphatic rings. The summed E-state index contributed by atoms with van der Waals surface area (Å²) < 4.78 is 5.49. The molecule has 1 N–H and O–H groups in total. The number of fused-ring (bicyclic) bond motifs is 1. The largest absolute Gasteiger partial charge is 0.445 e. The van der Waals surface area contributed by atoms with Gasteiger partial charge in [0.05, 0.1) is 10.9 Å². The first-order valence-electron chi connectivity index (χ1n) is 11.4. The molecule has 1 atom stereocenters. The molecular weight excluding hydrogens is 404 g/mol. The maximum atomic E-state index is 13.5. The average molecular weight is 431 g/mol. The number of likely N-dealkylation sites (tertiary alicyclic amines) is 1. The van der Waals surface area contributed by atoms with Gasteiger partial charge in [-0.3, -0.25) is 9.89 Å². The molecule has 3 heterocycles. The summed E-state index contributed by atoms with van der Waals surface area (Å²) in [6.45, 7) is 1.90. The highest BCUT2D eigenvalue weighted by Crippen LogP contribution is 2.45. The molecule has 2 saturated heterocycles. The molecule has 164 valence electrons. The minimum atomic E-state index is -0.504. The number of anilines is 1. The predicted molar refractivity (Wildman–Crippen MR) is 120 cm³/mol. The van der Waals surface area contributed by atoms with Crippen LogP contribution in [-0.4, -0.2) is 46.7 Å². The number of benzene rings is 2. The highest BCUT2D eigenvalue weighted by atomic mass is 16.6. The van der Waals surface area contributed by atoms with E-state index in [4.69, 9.17) is 4.74 Å². The third kappa shape index (κ3) is 3.23. The van der Waals surface area contributed by atoms with Crippen LogP contribution in [0.5, 0.6) is 0 Å². The van der Waals surface area contributed by atoms with E-state index < -0.39 is 5.41 Å². The van der Waals surface area contributed by atoms with Crippen LogP contribution in [0.4, 0.5) is 10.5 Å². The third-order valence-electron chi connectivity index (χ3n) is 7.19. The molecule has 32 heavy (non-hydrogen) atoms. The van der Waals surface area contributed by atoms with Gasteiger partial charge in [0.15, 0.2) is 0 Å². The number of hydrogen-bond donors (Lipinski definition) is 1. The summed E-state index contributed by atoms with van der Waals surface area (Å²) in [4.78, 5) is 29.7. The summed E-state index contributed by atoms with van der Waals surface area (Å²) in [5.41, 5.74) is 3.52. The van der Waals surface area contributed by atoms with Gasteiger partial charge in [-0.15, -0.1) is 0 Å². The smallest absolute Gasteiger partial charge is 0.410 e. The van der Waals surface area contributed by atoms with Gasteiger partial charge in [0.25, 0.3) is 0 Å². The first-order chi connectivity index (χ1) is 15.6. The summed E-state index contributed by atoms with van der Waals surface area (Å²) in [7, 11) is 0. The van der Waals surface area contributed by atoms with Crippen LogP contribution in [0.2, 0.25) is 0 Å². The van der Waals surface area contributed by atoms with Gasteiger partial charge < -0.3 is 14.5 Å². The quantitative estimate of drug-likeness (QED) is 0.673. The Kier molecular flexibility index (Phi) is 4.45. The van der Waals surface area contributed by atoms with Gasteiger partial charge in [-0.2, -0.15) is 5.10 Å². The Hall–Kier alpha value is -3.35. The summed E-state index contributed by atoms with van der Waals surface area (Å²) >= 11 is 0. The summed E-state index contributed by atoms with van der Waals surface area (Å²) in [5, 5.41) is 8.73. The van der Waals surface area contributed by atoms with Crippen LogP contribution >= 0.6 is 0 Å². The first kappa shape index (κ1) is 19.3. The van der Waals surface area contributed by atoms with Crippen molar-refractivity contribution < 1.29 is 14.3 Å². The minimum absolute atomic E-state index is 0.117. The van der Waals surface area contributed by atoms with E-state index in [1.807, 2.05) is 47.4 Å². The Morgan fingerprint density at radius 1 is 1.12 bits per heavy atom. The fourth-order valence-electron chi connectivity index (χ4n) is 5.15. The van der Waals surface area contributed by atoms with Gasteiger partial charge >= 0.3 is 6.09 Å². The number of carbonyl (C=O) groups is 2. The SMILES string of the molecule is O=C(OCc1ccccc1)N1CC[C@]2(CCN(c3ccc4n[nH]c(C5CC5)c4c3)C2=O)C1. The Labute approximate surface area is 186 Å². The van der Waals surface area contributed by atoms with Crippen molar-refractivity contribution in [2.45, 2.75) is 38.2 Å². The Morgan fingerprint density at radius 3 is 2.75 bits per heavy atom. The number of carbonyl (C=O) groups excluding carboxylic acids is 2. The predicted octanol–water partition coefficient (Wildman–Crippen LogP) is 4.21. The van der Waals surface area contributed by atoms with E-state index in [1.165, 1.54) is 18.5 Å². The number of H-pyrrole nitrogens is 1. The number of rotatable bonds is 4. The topological polar surface area (TPSA) is 78.5 Å².